The Kier molecular flexibility index (Phi) is 5.90. The van der Waals surface area contributed by atoms with Crippen molar-refractivity contribution in [3.05, 3.63) is 94.7 Å². The minimum Gasteiger partial charge on any atom is -0.469 e. The van der Waals surface area contributed by atoms with Crippen LogP contribution in [0.1, 0.15) is 42.2 Å². The topological polar surface area (TPSA) is 29.8 Å². The number of rotatable bonds is 7. The predicted molar refractivity (Wildman–Crippen MR) is 98.2 cm³/mol. The van der Waals surface area contributed by atoms with Crippen LogP contribution in [0.4, 0.5) is 4.39 Å². The molecule has 0 aliphatic rings. The Morgan fingerprint density at radius 1 is 1.00 bits per heavy atom. The van der Waals surface area contributed by atoms with E-state index >= 15 is 0 Å². The van der Waals surface area contributed by atoms with E-state index in [0.29, 0.717) is 6.04 Å². The van der Waals surface area contributed by atoms with Gasteiger partial charge in [0, 0.05) is 22.9 Å². The molecule has 0 aliphatic heterocycles. The van der Waals surface area contributed by atoms with Gasteiger partial charge in [0.15, 0.2) is 0 Å². The molecule has 0 aliphatic carbocycles. The maximum absolute atomic E-state index is 13.2. The first kappa shape index (κ1) is 17.7. The lowest BCUT2D eigenvalue weighted by Gasteiger charge is -2.17. The zero-order valence-electron chi connectivity index (χ0n) is 14.2. The van der Waals surface area contributed by atoms with Crippen molar-refractivity contribution in [2.24, 2.45) is 0 Å². The highest BCUT2D eigenvalue weighted by Crippen LogP contribution is 2.28. The van der Waals surface area contributed by atoms with Crippen LogP contribution in [0.25, 0.3) is 0 Å². The Hall–Kier alpha value is -2.10. The van der Waals surface area contributed by atoms with Crippen LogP contribution in [0, 0.1) is 5.82 Å². The lowest BCUT2D eigenvalue weighted by Crippen LogP contribution is -2.84. The van der Waals surface area contributed by atoms with Gasteiger partial charge in [-0.1, -0.05) is 35.9 Å². The summed E-state index contributed by atoms with van der Waals surface area (Å²) >= 11 is 5.95. The van der Waals surface area contributed by atoms with Crippen molar-refractivity contribution in [2.45, 2.75) is 25.3 Å². The highest BCUT2D eigenvalue weighted by atomic mass is 35.5. The Balaban J connectivity index is 1.65. The molecular weight excluding hydrogens is 337 g/mol. The average molecular weight is 359 g/mol. The van der Waals surface area contributed by atoms with Gasteiger partial charge < -0.3 is 9.73 Å². The average Bonchev–Trinajstić information content (AvgIpc) is 3.14. The summed E-state index contributed by atoms with van der Waals surface area (Å²) in [6, 6.07) is 18.9. The molecule has 2 aromatic carbocycles. The van der Waals surface area contributed by atoms with Gasteiger partial charge in [-0.05, 0) is 48.9 Å². The Morgan fingerprint density at radius 2 is 1.68 bits per heavy atom. The zero-order chi connectivity index (χ0) is 17.6. The Labute approximate surface area is 152 Å². The first-order chi connectivity index (χ1) is 12.1. The van der Waals surface area contributed by atoms with Crippen LogP contribution >= 0.6 is 11.6 Å². The van der Waals surface area contributed by atoms with E-state index in [0.717, 1.165) is 29.3 Å². The maximum Gasteiger partial charge on any atom is 0.123 e. The molecule has 1 heterocycles. The molecule has 2 nitrogen and oxygen atoms in total. The standard InChI is InChI=1S/C21H21ClFNO/c1-15(16-4-8-18(22)9-5-16)24-13-12-20(21-3-2-14-25-21)17-6-10-19(23)11-7-17/h2-11,14-15,20,24H,12-13H2,1H3/p+1/t15-,20-/m0/s1. The highest BCUT2D eigenvalue weighted by molar-refractivity contribution is 6.30. The van der Waals surface area contributed by atoms with Crippen LogP contribution in [0.15, 0.2) is 71.3 Å². The zero-order valence-corrected chi connectivity index (χ0v) is 14.9. The van der Waals surface area contributed by atoms with Gasteiger partial charge in [-0.3, -0.25) is 0 Å². The van der Waals surface area contributed by atoms with Crippen molar-refractivity contribution in [3.63, 3.8) is 0 Å². The van der Waals surface area contributed by atoms with Crippen molar-refractivity contribution in [2.75, 3.05) is 6.54 Å². The van der Waals surface area contributed by atoms with Gasteiger partial charge in [-0.15, -0.1) is 0 Å². The summed E-state index contributed by atoms with van der Waals surface area (Å²) in [7, 11) is 0. The second-order valence-electron chi connectivity index (χ2n) is 6.27. The Morgan fingerprint density at radius 3 is 2.32 bits per heavy atom. The minimum absolute atomic E-state index is 0.129. The van der Waals surface area contributed by atoms with Crippen molar-refractivity contribution < 1.29 is 14.1 Å². The van der Waals surface area contributed by atoms with Crippen LogP contribution in [0.2, 0.25) is 5.02 Å². The quantitative estimate of drug-likeness (QED) is 0.638. The predicted octanol–water partition coefficient (Wildman–Crippen LogP) is 4.92. The van der Waals surface area contributed by atoms with E-state index in [-0.39, 0.29) is 11.7 Å². The van der Waals surface area contributed by atoms with E-state index in [1.165, 1.54) is 17.7 Å². The van der Waals surface area contributed by atoms with Gasteiger partial charge in [0.2, 0.25) is 0 Å². The van der Waals surface area contributed by atoms with E-state index in [9.17, 15) is 4.39 Å². The second kappa shape index (κ2) is 8.32. The summed E-state index contributed by atoms with van der Waals surface area (Å²) in [5.41, 5.74) is 2.32. The number of quaternary nitrogens is 1. The van der Waals surface area contributed by atoms with Crippen LogP contribution in [-0.2, 0) is 0 Å². The summed E-state index contributed by atoms with van der Waals surface area (Å²) in [5.74, 6) is 0.827. The number of hydrogen-bond acceptors (Lipinski definition) is 1. The van der Waals surface area contributed by atoms with Crippen LogP contribution in [0.5, 0.6) is 0 Å². The molecule has 4 heteroatoms. The van der Waals surface area contributed by atoms with E-state index < -0.39 is 0 Å². The summed E-state index contributed by atoms with van der Waals surface area (Å²) < 4.78 is 18.8. The van der Waals surface area contributed by atoms with Gasteiger partial charge in [0.25, 0.3) is 0 Å². The smallest absolute Gasteiger partial charge is 0.123 e. The number of furan rings is 1. The normalized spacial score (nSPS) is 13.6. The molecule has 0 radical (unpaired) electrons. The molecular formula is C21H22ClFNO+. The summed E-state index contributed by atoms with van der Waals surface area (Å²) in [6.07, 6.45) is 2.60. The molecule has 0 unspecified atom stereocenters. The number of hydrogen-bond donors (Lipinski definition) is 1. The maximum atomic E-state index is 13.2. The number of nitrogens with two attached hydrogens (primary N) is 1. The molecule has 1 aromatic heterocycles. The third-order valence-corrected chi connectivity index (χ3v) is 4.78. The minimum atomic E-state index is -0.218. The molecule has 0 spiro atoms. The molecule has 0 saturated heterocycles. The first-order valence-electron chi connectivity index (χ1n) is 8.51. The van der Waals surface area contributed by atoms with E-state index in [4.69, 9.17) is 16.0 Å². The SMILES string of the molecule is C[C@H]([NH2+]CC[C@@H](c1ccc(F)cc1)c1ccco1)c1ccc(Cl)cc1. The van der Waals surface area contributed by atoms with E-state index in [1.807, 2.05) is 36.4 Å². The van der Waals surface area contributed by atoms with E-state index in [2.05, 4.69) is 24.4 Å². The Bertz CT molecular complexity index is 769. The molecule has 0 amide bonds. The molecule has 0 bridgehead atoms. The van der Waals surface area contributed by atoms with Crippen molar-refractivity contribution in [1.82, 2.24) is 0 Å². The van der Waals surface area contributed by atoms with Crippen LogP contribution in [0.3, 0.4) is 0 Å². The lowest BCUT2D eigenvalue weighted by molar-refractivity contribution is -0.693. The van der Waals surface area contributed by atoms with Crippen LogP contribution < -0.4 is 5.32 Å². The van der Waals surface area contributed by atoms with Crippen molar-refractivity contribution >= 4 is 11.6 Å². The molecule has 3 rings (SSSR count). The van der Waals surface area contributed by atoms with Crippen LogP contribution in [-0.4, -0.2) is 6.54 Å². The molecule has 2 N–H and O–H groups in total. The molecule has 25 heavy (non-hydrogen) atoms. The van der Waals surface area contributed by atoms with Gasteiger partial charge >= 0.3 is 0 Å². The second-order valence-corrected chi connectivity index (χ2v) is 6.71. The highest BCUT2D eigenvalue weighted by Gasteiger charge is 2.19. The third kappa shape index (κ3) is 4.71. The summed E-state index contributed by atoms with van der Waals surface area (Å²) in [6.45, 7) is 3.12. The molecule has 0 saturated carbocycles. The first-order valence-corrected chi connectivity index (χ1v) is 8.89. The fraction of sp³-hybridized carbons (Fsp3) is 0.238. The van der Waals surface area contributed by atoms with Crippen molar-refractivity contribution in [3.8, 4) is 0 Å². The molecule has 3 aromatic rings. The van der Waals surface area contributed by atoms with Gasteiger partial charge in [-0.25, -0.2) is 4.39 Å². The van der Waals surface area contributed by atoms with E-state index in [1.54, 1.807) is 6.26 Å². The fourth-order valence-corrected chi connectivity index (χ4v) is 3.20. The monoisotopic (exact) mass is 358 g/mol. The molecule has 2 atom stereocenters. The van der Waals surface area contributed by atoms with Gasteiger partial charge in [0.05, 0.1) is 12.8 Å². The summed E-state index contributed by atoms with van der Waals surface area (Å²) in [4.78, 5) is 0. The number of benzene rings is 2. The molecule has 0 fully saturated rings. The lowest BCUT2D eigenvalue weighted by atomic mass is 9.93. The fourth-order valence-electron chi connectivity index (χ4n) is 3.07. The largest absolute Gasteiger partial charge is 0.469 e. The molecule has 130 valence electrons. The van der Waals surface area contributed by atoms with Crippen molar-refractivity contribution in [1.29, 1.82) is 0 Å². The number of halogens is 2. The van der Waals surface area contributed by atoms with Gasteiger partial charge in [0.1, 0.15) is 17.6 Å². The summed E-state index contributed by atoms with van der Waals surface area (Å²) in [5, 5.41) is 3.06. The third-order valence-electron chi connectivity index (χ3n) is 4.53. The van der Waals surface area contributed by atoms with Gasteiger partial charge in [-0.2, -0.15) is 0 Å².